The van der Waals surface area contributed by atoms with Crippen molar-refractivity contribution in [3.05, 3.63) is 0 Å². The minimum absolute atomic E-state index is 0.639. The minimum atomic E-state index is 0.639. The summed E-state index contributed by atoms with van der Waals surface area (Å²) in [7, 11) is 4.23. The van der Waals surface area contributed by atoms with Crippen molar-refractivity contribution < 1.29 is 0 Å². The van der Waals surface area contributed by atoms with Crippen LogP contribution in [0.15, 0.2) is 0 Å². The molecule has 0 bridgehead atoms. The Morgan fingerprint density at radius 2 is 1.71 bits per heavy atom. The highest BCUT2D eigenvalue weighted by molar-refractivity contribution is 4.73. The molecule has 2 nitrogen and oxygen atoms in total. The van der Waals surface area contributed by atoms with Crippen LogP contribution in [0.25, 0.3) is 0 Å². The summed E-state index contributed by atoms with van der Waals surface area (Å²) in [5.41, 5.74) is 0. The Kier molecular flexibility index (Phi) is 12.8. The smallest absolute Gasteiger partial charge is 0.0217 e. The second kappa shape index (κ2) is 11.0. The Morgan fingerprint density at radius 3 is 2.00 bits per heavy atom. The first-order valence-electron chi connectivity index (χ1n) is 6.01. The molecule has 0 spiro atoms. The van der Waals surface area contributed by atoms with Crippen molar-refractivity contribution in [2.45, 2.75) is 47.1 Å². The Morgan fingerprint density at radius 1 is 1.21 bits per heavy atom. The Balaban J connectivity index is 0. The molecule has 14 heavy (non-hydrogen) atoms. The monoisotopic (exact) mass is 202 g/mol. The number of nitrogens with zero attached hydrogens (tertiary/aromatic N) is 1. The van der Waals surface area contributed by atoms with Gasteiger partial charge in [-0.2, -0.15) is 0 Å². The van der Waals surface area contributed by atoms with Gasteiger partial charge in [0, 0.05) is 12.6 Å². The van der Waals surface area contributed by atoms with Crippen LogP contribution in [0, 0.1) is 5.92 Å². The van der Waals surface area contributed by atoms with Crippen molar-refractivity contribution in [1.29, 1.82) is 0 Å². The third-order valence-electron chi connectivity index (χ3n) is 2.75. The number of nitrogens with one attached hydrogen (secondary N) is 1. The second-order valence-electron chi connectivity index (χ2n) is 3.64. The highest BCUT2D eigenvalue weighted by Crippen LogP contribution is 2.07. The summed E-state index contributed by atoms with van der Waals surface area (Å²) in [6, 6.07) is 0.639. The summed E-state index contributed by atoms with van der Waals surface area (Å²) in [6.07, 6.45) is 1.25. The molecule has 0 aromatic heterocycles. The summed E-state index contributed by atoms with van der Waals surface area (Å²) in [4.78, 5) is 2.35. The lowest BCUT2D eigenvalue weighted by atomic mass is 9.99. The van der Waals surface area contributed by atoms with E-state index < -0.39 is 0 Å². The molecule has 0 aliphatic carbocycles. The predicted molar refractivity (Wildman–Crippen MR) is 66.8 cm³/mol. The lowest BCUT2D eigenvalue weighted by Crippen LogP contribution is -2.41. The van der Waals surface area contributed by atoms with Gasteiger partial charge >= 0.3 is 0 Å². The average molecular weight is 202 g/mol. The molecule has 0 aliphatic rings. The van der Waals surface area contributed by atoms with Crippen molar-refractivity contribution in [3.8, 4) is 0 Å². The molecular formula is C12H30N2. The van der Waals surface area contributed by atoms with Gasteiger partial charge in [0.2, 0.25) is 0 Å². The summed E-state index contributed by atoms with van der Waals surface area (Å²) in [6.45, 7) is 13.0. The molecule has 2 heteroatoms. The standard InChI is InChI=1S/C10H24N2.C2H6/c1-6-9(3)10(11-4)8-12(5)7-2;1-2/h9-11H,6-8H2,1-5H3;1-2H3. The summed E-state index contributed by atoms with van der Waals surface area (Å²) in [5, 5.41) is 3.38. The van der Waals surface area contributed by atoms with E-state index in [4.69, 9.17) is 0 Å². The van der Waals surface area contributed by atoms with Crippen LogP contribution in [0.4, 0.5) is 0 Å². The number of hydrogen-bond donors (Lipinski definition) is 1. The van der Waals surface area contributed by atoms with Crippen molar-refractivity contribution in [2.24, 2.45) is 5.92 Å². The number of likely N-dealkylation sites (N-methyl/N-ethyl adjacent to an activating group) is 2. The van der Waals surface area contributed by atoms with E-state index in [1.165, 1.54) is 6.42 Å². The first-order chi connectivity index (χ1) is 6.65. The van der Waals surface area contributed by atoms with E-state index in [-0.39, 0.29) is 0 Å². The lowest BCUT2D eigenvalue weighted by Gasteiger charge is -2.27. The van der Waals surface area contributed by atoms with Gasteiger partial charge in [-0.15, -0.1) is 0 Å². The van der Waals surface area contributed by atoms with Gasteiger partial charge in [-0.3, -0.25) is 0 Å². The average Bonchev–Trinajstić information content (AvgIpc) is 2.27. The van der Waals surface area contributed by atoms with Crippen LogP contribution < -0.4 is 5.32 Å². The first kappa shape index (κ1) is 16.4. The first-order valence-corrected chi connectivity index (χ1v) is 6.01. The zero-order valence-electron chi connectivity index (χ0n) is 11.2. The molecule has 0 aliphatic heterocycles. The molecule has 1 N–H and O–H groups in total. The third-order valence-corrected chi connectivity index (χ3v) is 2.75. The van der Waals surface area contributed by atoms with Crippen LogP contribution in [0.1, 0.15) is 41.0 Å². The summed E-state index contributed by atoms with van der Waals surface area (Å²) in [5.74, 6) is 0.768. The molecule has 0 aromatic rings. The van der Waals surface area contributed by atoms with Gasteiger partial charge in [-0.25, -0.2) is 0 Å². The lowest BCUT2D eigenvalue weighted by molar-refractivity contribution is 0.261. The van der Waals surface area contributed by atoms with Gasteiger partial charge in [0.15, 0.2) is 0 Å². The van der Waals surface area contributed by atoms with Crippen LogP contribution in [0.3, 0.4) is 0 Å². The van der Waals surface area contributed by atoms with E-state index in [2.05, 4.69) is 45.1 Å². The minimum Gasteiger partial charge on any atom is -0.315 e. The molecule has 0 fully saturated rings. The quantitative estimate of drug-likeness (QED) is 0.712. The van der Waals surface area contributed by atoms with Gasteiger partial charge in [0.05, 0.1) is 0 Å². The molecule has 0 radical (unpaired) electrons. The maximum atomic E-state index is 3.38. The van der Waals surface area contributed by atoms with Gasteiger partial charge in [-0.05, 0) is 26.6 Å². The van der Waals surface area contributed by atoms with Crippen molar-refractivity contribution in [2.75, 3.05) is 27.2 Å². The maximum Gasteiger partial charge on any atom is 0.0217 e. The van der Waals surface area contributed by atoms with E-state index in [1.807, 2.05) is 13.8 Å². The maximum absolute atomic E-state index is 3.38. The van der Waals surface area contributed by atoms with Crippen LogP contribution in [0.5, 0.6) is 0 Å². The van der Waals surface area contributed by atoms with Crippen LogP contribution in [-0.2, 0) is 0 Å². The van der Waals surface area contributed by atoms with Crippen LogP contribution in [0.2, 0.25) is 0 Å². The Hall–Kier alpha value is -0.0800. The highest BCUT2D eigenvalue weighted by Gasteiger charge is 2.14. The van der Waals surface area contributed by atoms with E-state index >= 15 is 0 Å². The van der Waals surface area contributed by atoms with E-state index in [1.54, 1.807) is 0 Å². The van der Waals surface area contributed by atoms with Gasteiger partial charge in [0.1, 0.15) is 0 Å². The van der Waals surface area contributed by atoms with Crippen molar-refractivity contribution >= 4 is 0 Å². The summed E-state index contributed by atoms with van der Waals surface area (Å²) >= 11 is 0. The van der Waals surface area contributed by atoms with E-state index in [0.29, 0.717) is 6.04 Å². The van der Waals surface area contributed by atoms with Gasteiger partial charge < -0.3 is 10.2 Å². The molecule has 0 saturated heterocycles. The number of hydrogen-bond acceptors (Lipinski definition) is 2. The van der Waals surface area contributed by atoms with E-state index in [9.17, 15) is 0 Å². The zero-order valence-corrected chi connectivity index (χ0v) is 11.2. The fourth-order valence-electron chi connectivity index (χ4n) is 1.31. The van der Waals surface area contributed by atoms with Crippen molar-refractivity contribution in [3.63, 3.8) is 0 Å². The second-order valence-corrected chi connectivity index (χ2v) is 3.64. The third kappa shape index (κ3) is 7.34. The molecule has 2 unspecified atom stereocenters. The van der Waals surface area contributed by atoms with Crippen LogP contribution >= 0.6 is 0 Å². The molecular weight excluding hydrogens is 172 g/mol. The largest absolute Gasteiger partial charge is 0.315 e. The molecule has 0 aromatic carbocycles. The normalized spacial score (nSPS) is 14.6. The zero-order chi connectivity index (χ0) is 11.6. The fourth-order valence-corrected chi connectivity index (χ4v) is 1.31. The molecule has 0 heterocycles. The molecule has 0 amide bonds. The van der Waals surface area contributed by atoms with Crippen LogP contribution in [-0.4, -0.2) is 38.1 Å². The van der Waals surface area contributed by atoms with Crippen molar-refractivity contribution in [1.82, 2.24) is 10.2 Å². The molecule has 0 saturated carbocycles. The Bertz CT molecular complexity index is 104. The molecule has 2 atom stereocenters. The fraction of sp³-hybridized carbons (Fsp3) is 1.00. The highest BCUT2D eigenvalue weighted by atomic mass is 15.1. The molecule has 88 valence electrons. The SMILES string of the molecule is CC.CCC(C)C(CN(C)CC)NC. The Labute approximate surface area is 91.1 Å². The number of rotatable bonds is 6. The topological polar surface area (TPSA) is 15.3 Å². The van der Waals surface area contributed by atoms with Gasteiger partial charge in [0.25, 0.3) is 0 Å². The molecule has 0 rings (SSSR count). The van der Waals surface area contributed by atoms with Gasteiger partial charge in [-0.1, -0.05) is 41.0 Å². The van der Waals surface area contributed by atoms with E-state index in [0.717, 1.165) is 19.0 Å². The summed E-state index contributed by atoms with van der Waals surface area (Å²) < 4.78 is 0. The predicted octanol–water partition coefficient (Wildman–Crippen LogP) is 2.60.